The van der Waals surface area contributed by atoms with Gasteiger partial charge in [0, 0.05) is 6.04 Å². The molecule has 0 saturated heterocycles. The fourth-order valence-electron chi connectivity index (χ4n) is 2.04. The Balaban J connectivity index is 3.33. The molecule has 5 heteroatoms. The molecular formula is C16H27NO3S. The van der Waals surface area contributed by atoms with Gasteiger partial charge in [-0.1, -0.05) is 27.7 Å². The zero-order chi connectivity index (χ0) is 16.4. The number of sulfonamides is 1. The van der Waals surface area contributed by atoms with Crippen molar-refractivity contribution < 1.29 is 13.2 Å². The molecule has 21 heavy (non-hydrogen) atoms. The van der Waals surface area contributed by atoms with Gasteiger partial charge in [-0.2, -0.15) is 0 Å². The van der Waals surface area contributed by atoms with Gasteiger partial charge in [0.25, 0.3) is 0 Å². The number of hydrogen-bond acceptors (Lipinski definition) is 3. The lowest BCUT2D eigenvalue weighted by molar-refractivity contribution is 0.406. The quantitative estimate of drug-likeness (QED) is 0.875. The number of benzene rings is 1. The standard InChI is InChI=1S/C16H27NO3S/c1-10(2)13(6)17-21(18,19)16-9-14(11(3)4)15(20-7)8-12(16)5/h8-11,13,17H,1-7H3/t13-/m0/s1. The third kappa shape index (κ3) is 4.20. The van der Waals surface area contributed by atoms with Crippen LogP contribution in [0, 0.1) is 12.8 Å². The molecule has 0 saturated carbocycles. The molecule has 0 aromatic heterocycles. The van der Waals surface area contributed by atoms with Gasteiger partial charge < -0.3 is 4.74 Å². The number of aryl methyl sites for hydroxylation is 1. The molecule has 4 nitrogen and oxygen atoms in total. The van der Waals surface area contributed by atoms with Gasteiger partial charge in [0.15, 0.2) is 0 Å². The predicted octanol–water partition coefficient (Wildman–Crippen LogP) is 3.45. The minimum Gasteiger partial charge on any atom is -0.496 e. The van der Waals surface area contributed by atoms with Gasteiger partial charge in [0.05, 0.1) is 12.0 Å². The lowest BCUT2D eigenvalue weighted by Crippen LogP contribution is -2.36. The zero-order valence-electron chi connectivity index (χ0n) is 14.0. The maximum Gasteiger partial charge on any atom is 0.241 e. The van der Waals surface area contributed by atoms with E-state index >= 15 is 0 Å². The Morgan fingerprint density at radius 1 is 1.10 bits per heavy atom. The molecule has 0 aliphatic carbocycles. The first-order chi connectivity index (χ1) is 9.60. The van der Waals surface area contributed by atoms with Crippen molar-refractivity contribution in [1.82, 2.24) is 4.72 Å². The van der Waals surface area contributed by atoms with E-state index in [4.69, 9.17) is 4.74 Å². The molecule has 0 fully saturated rings. The van der Waals surface area contributed by atoms with E-state index in [1.54, 1.807) is 26.2 Å². The van der Waals surface area contributed by atoms with Gasteiger partial charge in [0.2, 0.25) is 10.0 Å². The highest BCUT2D eigenvalue weighted by atomic mass is 32.2. The van der Waals surface area contributed by atoms with Crippen molar-refractivity contribution in [2.75, 3.05) is 7.11 Å². The molecule has 0 radical (unpaired) electrons. The summed E-state index contributed by atoms with van der Waals surface area (Å²) in [5.41, 5.74) is 1.60. The Hall–Kier alpha value is -1.07. The average molecular weight is 313 g/mol. The van der Waals surface area contributed by atoms with Crippen LogP contribution in [0.1, 0.15) is 51.7 Å². The molecule has 1 atom stereocenters. The fraction of sp³-hybridized carbons (Fsp3) is 0.625. The maximum atomic E-state index is 12.6. The molecule has 0 aliphatic rings. The van der Waals surface area contributed by atoms with Gasteiger partial charge in [-0.15, -0.1) is 0 Å². The molecule has 1 aromatic carbocycles. The van der Waals surface area contributed by atoms with E-state index in [-0.39, 0.29) is 17.9 Å². The zero-order valence-corrected chi connectivity index (χ0v) is 14.8. The van der Waals surface area contributed by atoms with Gasteiger partial charge in [-0.3, -0.25) is 0 Å². The fourth-order valence-corrected chi connectivity index (χ4v) is 3.69. The van der Waals surface area contributed by atoms with Crippen LogP contribution in [0.4, 0.5) is 0 Å². The second-order valence-electron chi connectivity index (χ2n) is 6.17. The second kappa shape index (κ2) is 6.79. The first-order valence-corrected chi connectivity index (χ1v) is 8.79. The van der Waals surface area contributed by atoms with Crippen molar-refractivity contribution in [1.29, 1.82) is 0 Å². The van der Waals surface area contributed by atoms with Crippen LogP contribution >= 0.6 is 0 Å². The summed E-state index contributed by atoms with van der Waals surface area (Å²) >= 11 is 0. The lowest BCUT2D eigenvalue weighted by Gasteiger charge is -2.20. The van der Waals surface area contributed by atoms with Gasteiger partial charge in [-0.05, 0) is 48.9 Å². The Kier molecular flexibility index (Phi) is 5.82. The molecule has 1 N–H and O–H groups in total. The Bertz CT molecular complexity index is 592. The van der Waals surface area contributed by atoms with Crippen LogP contribution < -0.4 is 9.46 Å². The normalized spacial score (nSPS) is 13.8. The van der Waals surface area contributed by atoms with Crippen LogP contribution in [-0.2, 0) is 10.0 Å². The van der Waals surface area contributed by atoms with Crippen LogP contribution in [0.25, 0.3) is 0 Å². The average Bonchev–Trinajstić information content (AvgIpc) is 2.36. The molecule has 0 bridgehead atoms. The minimum absolute atomic E-state index is 0.112. The summed E-state index contributed by atoms with van der Waals surface area (Å²) in [5.74, 6) is 1.17. The number of nitrogens with one attached hydrogen (secondary N) is 1. The topological polar surface area (TPSA) is 55.4 Å². The van der Waals surface area contributed by atoms with Crippen molar-refractivity contribution >= 4 is 10.0 Å². The highest BCUT2D eigenvalue weighted by molar-refractivity contribution is 7.89. The van der Waals surface area contributed by atoms with Crippen LogP contribution in [-0.4, -0.2) is 21.6 Å². The molecule has 1 aromatic rings. The summed E-state index contributed by atoms with van der Waals surface area (Å²) in [4.78, 5) is 0.333. The lowest BCUT2D eigenvalue weighted by atomic mass is 10.0. The number of ether oxygens (including phenoxy) is 1. The number of rotatable bonds is 6. The third-order valence-electron chi connectivity index (χ3n) is 3.78. The van der Waals surface area contributed by atoms with Crippen molar-refractivity contribution in [2.45, 2.75) is 58.4 Å². The third-order valence-corrected chi connectivity index (χ3v) is 5.48. The molecule has 120 valence electrons. The van der Waals surface area contributed by atoms with E-state index in [9.17, 15) is 8.42 Å². The van der Waals surface area contributed by atoms with Crippen LogP contribution in [0.5, 0.6) is 5.75 Å². The first kappa shape index (κ1) is 18.0. The second-order valence-corrected chi connectivity index (χ2v) is 7.85. The predicted molar refractivity (Wildman–Crippen MR) is 86.4 cm³/mol. The summed E-state index contributed by atoms with van der Waals surface area (Å²) in [6.07, 6.45) is 0. The van der Waals surface area contributed by atoms with Gasteiger partial charge in [0.1, 0.15) is 5.75 Å². The Morgan fingerprint density at radius 2 is 1.67 bits per heavy atom. The summed E-state index contributed by atoms with van der Waals surface area (Å²) in [7, 11) is -1.92. The first-order valence-electron chi connectivity index (χ1n) is 7.31. The molecule has 1 rings (SSSR count). The van der Waals surface area contributed by atoms with Crippen molar-refractivity contribution in [3.8, 4) is 5.75 Å². The SMILES string of the molecule is COc1cc(C)c(S(=O)(=O)N[C@@H](C)C(C)C)cc1C(C)C. The van der Waals surface area contributed by atoms with Crippen molar-refractivity contribution in [3.63, 3.8) is 0 Å². The highest BCUT2D eigenvalue weighted by Gasteiger charge is 2.23. The maximum absolute atomic E-state index is 12.6. The summed E-state index contributed by atoms with van der Waals surface area (Å²) in [6, 6.07) is 3.41. The summed E-state index contributed by atoms with van der Waals surface area (Å²) < 4.78 is 33.3. The molecule has 0 unspecified atom stereocenters. The van der Waals surface area contributed by atoms with E-state index in [1.165, 1.54) is 0 Å². The van der Waals surface area contributed by atoms with Crippen LogP contribution in [0.3, 0.4) is 0 Å². The largest absolute Gasteiger partial charge is 0.496 e. The molecular weight excluding hydrogens is 286 g/mol. The molecule has 0 heterocycles. The van der Waals surface area contributed by atoms with Crippen molar-refractivity contribution in [3.05, 3.63) is 23.3 Å². The molecule has 0 amide bonds. The van der Waals surface area contributed by atoms with Crippen LogP contribution in [0.15, 0.2) is 17.0 Å². The van der Waals surface area contributed by atoms with E-state index in [0.717, 1.165) is 11.3 Å². The Morgan fingerprint density at radius 3 is 2.10 bits per heavy atom. The smallest absolute Gasteiger partial charge is 0.241 e. The van der Waals surface area contributed by atoms with E-state index in [1.807, 2.05) is 34.6 Å². The minimum atomic E-state index is -3.52. The van der Waals surface area contributed by atoms with Gasteiger partial charge in [-0.25, -0.2) is 13.1 Å². The van der Waals surface area contributed by atoms with E-state index in [0.29, 0.717) is 10.5 Å². The Labute approximate surface area is 129 Å². The summed E-state index contributed by atoms with van der Waals surface area (Å²) in [5, 5.41) is 0. The number of methoxy groups -OCH3 is 1. The van der Waals surface area contributed by atoms with E-state index < -0.39 is 10.0 Å². The highest BCUT2D eigenvalue weighted by Crippen LogP contribution is 2.31. The van der Waals surface area contributed by atoms with E-state index in [2.05, 4.69) is 4.72 Å². The van der Waals surface area contributed by atoms with Crippen LogP contribution in [0.2, 0.25) is 0 Å². The van der Waals surface area contributed by atoms with Gasteiger partial charge >= 0.3 is 0 Å². The molecule has 0 aliphatic heterocycles. The monoisotopic (exact) mass is 313 g/mol. The van der Waals surface area contributed by atoms with Crippen molar-refractivity contribution in [2.24, 2.45) is 5.92 Å². The number of hydrogen-bond donors (Lipinski definition) is 1. The molecule has 0 spiro atoms. The summed E-state index contributed by atoms with van der Waals surface area (Å²) in [6.45, 7) is 11.7.